The van der Waals surface area contributed by atoms with Crippen LogP contribution < -0.4 is 5.32 Å². The van der Waals surface area contributed by atoms with Crippen LogP contribution in [0, 0.1) is 5.92 Å². The lowest BCUT2D eigenvalue weighted by Crippen LogP contribution is -2.42. The Bertz CT molecular complexity index is 510. The van der Waals surface area contributed by atoms with E-state index in [1.165, 1.54) is 0 Å². The van der Waals surface area contributed by atoms with E-state index in [9.17, 15) is 9.59 Å². The fourth-order valence-corrected chi connectivity index (χ4v) is 2.93. The third-order valence-electron chi connectivity index (χ3n) is 4.14. The van der Waals surface area contributed by atoms with Crippen molar-refractivity contribution < 1.29 is 9.59 Å². The molecular weight excluding hydrogens is 300 g/mol. The van der Waals surface area contributed by atoms with Crippen molar-refractivity contribution in [3.05, 3.63) is 34.9 Å². The molecule has 1 fully saturated rings. The Kier molecular flexibility index (Phi) is 6.25. The van der Waals surface area contributed by atoms with Gasteiger partial charge in [-0.2, -0.15) is 0 Å². The fourth-order valence-electron chi connectivity index (χ4n) is 2.81. The number of nitrogens with one attached hydrogen (secondary N) is 1. The minimum absolute atomic E-state index is 0.115. The maximum absolute atomic E-state index is 12.4. The van der Waals surface area contributed by atoms with Gasteiger partial charge in [0.2, 0.25) is 11.8 Å². The number of carbonyl (C=O) groups is 2. The summed E-state index contributed by atoms with van der Waals surface area (Å²) in [5, 5.41) is 3.53. The quantitative estimate of drug-likeness (QED) is 0.875. The molecule has 1 N–H and O–H groups in total. The molecule has 0 heterocycles. The van der Waals surface area contributed by atoms with Gasteiger partial charge in [-0.1, -0.05) is 36.6 Å². The van der Waals surface area contributed by atoms with Crippen LogP contribution in [0.1, 0.15) is 38.2 Å². The van der Waals surface area contributed by atoms with Crippen molar-refractivity contribution in [1.82, 2.24) is 10.2 Å². The largest absolute Gasteiger partial charge is 0.350 e. The highest BCUT2D eigenvalue weighted by molar-refractivity contribution is 6.30. The van der Waals surface area contributed by atoms with Crippen LogP contribution in [0.5, 0.6) is 0 Å². The number of benzene rings is 1. The smallest absolute Gasteiger partial charge is 0.239 e. The molecule has 2 rings (SSSR count). The minimum Gasteiger partial charge on any atom is -0.350 e. The first-order chi connectivity index (χ1) is 10.6. The van der Waals surface area contributed by atoms with Crippen LogP contribution in [-0.4, -0.2) is 29.8 Å². The Morgan fingerprint density at radius 3 is 2.45 bits per heavy atom. The summed E-state index contributed by atoms with van der Waals surface area (Å²) in [5.41, 5.74) is 0.989. The molecule has 1 aromatic carbocycles. The predicted octanol–water partition coefficient (Wildman–Crippen LogP) is 2.99. The maximum Gasteiger partial charge on any atom is 0.239 e. The molecule has 0 aromatic heterocycles. The topological polar surface area (TPSA) is 49.4 Å². The third kappa shape index (κ3) is 4.73. The van der Waals surface area contributed by atoms with Gasteiger partial charge in [0.1, 0.15) is 0 Å². The van der Waals surface area contributed by atoms with Crippen LogP contribution in [0.25, 0.3) is 0 Å². The van der Waals surface area contributed by atoms with Crippen LogP contribution in [0.4, 0.5) is 0 Å². The van der Waals surface area contributed by atoms with Gasteiger partial charge in [0.25, 0.3) is 0 Å². The molecule has 0 radical (unpaired) electrons. The van der Waals surface area contributed by atoms with Crippen molar-refractivity contribution in [3.63, 3.8) is 0 Å². The molecule has 0 unspecified atom stereocenters. The van der Waals surface area contributed by atoms with E-state index in [4.69, 9.17) is 11.6 Å². The normalized spacial score (nSPS) is 14.8. The van der Waals surface area contributed by atoms with E-state index in [1.807, 2.05) is 19.1 Å². The van der Waals surface area contributed by atoms with Gasteiger partial charge < -0.3 is 10.2 Å². The first-order valence-corrected chi connectivity index (χ1v) is 8.28. The van der Waals surface area contributed by atoms with Crippen molar-refractivity contribution in [2.24, 2.45) is 5.92 Å². The minimum atomic E-state index is -0.122. The highest BCUT2D eigenvalue weighted by atomic mass is 35.5. The lowest BCUT2D eigenvalue weighted by atomic mass is 10.1. The fraction of sp³-hybridized carbons (Fsp3) is 0.529. The van der Waals surface area contributed by atoms with Crippen molar-refractivity contribution in [3.8, 4) is 0 Å². The zero-order valence-electron chi connectivity index (χ0n) is 13.0. The summed E-state index contributed by atoms with van der Waals surface area (Å²) in [7, 11) is 0. The second-order valence-electron chi connectivity index (χ2n) is 5.74. The molecule has 120 valence electrons. The summed E-state index contributed by atoms with van der Waals surface area (Å²) in [4.78, 5) is 26.1. The van der Waals surface area contributed by atoms with Crippen LogP contribution >= 0.6 is 11.6 Å². The van der Waals surface area contributed by atoms with Gasteiger partial charge in [-0.25, -0.2) is 0 Å². The van der Waals surface area contributed by atoms with E-state index in [0.29, 0.717) is 18.1 Å². The highest BCUT2D eigenvalue weighted by Crippen LogP contribution is 2.26. The van der Waals surface area contributed by atoms with Crippen molar-refractivity contribution in [2.75, 3.05) is 13.1 Å². The number of hydrogen-bond donors (Lipinski definition) is 1. The monoisotopic (exact) mass is 322 g/mol. The SMILES string of the molecule is CCN(CC(=O)NCc1ccc(Cl)cc1)C(=O)C1CCCC1. The summed E-state index contributed by atoms with van der Waals surface area (Å²) >= 11 is 5.83. The van der Waals surface area contributed by atoms with Crippen LogP contribution in [0.2, 0.25) is 5.02 Å². The van der Waals surface area contributed by atoms with Gasteiger partial charge in [-0.05, 0) is 37.5 Å². The second-order valence-corrected chi connectivity index (χ2v) is 6.17. The van der Waals surface area contributed by atoms with Crippen LogP contribution in [-0.2, 0) is 16.1 Å². The summed E-state index contributed by atoms with van der Waals surface area (Å²) in [6, 6.07) is 7.35. The molecule has 22 heavy (non-hydrogen) atoms. The summed E-state index contributed by atoms with van der Waals surface area (Å²) in [5.74, 6) is 0.119. The average Bonchev–Trinajstić information content (AvgIpc) is 3.06. The molecule has 4 nitrogen and oxygen atoms in total. The van der Waals surface area contributed by atoms with Crippen molar-refractivity contribution in [2.45, 2.75) is 39.2 Å². The Morgan fingerprint density at radius 1 is 1.23 bits per heavy atom. The van der Waals surface area contributed by atoms with Gasteiger partial charge in [0, 0.05) is 24.0 Å². The Hall–Kier alpha value is -1.55. The van der Waals surface area contributed by atoms with E-state index in [2.05, 4.69) is 5.32 Å². The molecule has 0 aliphatic heterocycles. The van der Waals surface area contributed by atoms with E-state index in [-0.39, 0.29) is 24.3 Å². The van der Waals surface area contributed by atoms with Crippen LogP contribution in [0.15, 0.2) is 24.3 Å². The number of rotatable bonds is 6. The first kappa shape index (κ1) is 16.8. The lowest BCUT2D eigenvalue weighted by molar-refractivity contribution is -0.139. The number of amides is 2. The van der Waals surface area contributed by atoms with Crippen molar-refractivity contribution in [1.29, 1.82) is 0 Å². The molecule has 1 aliphatic carbocycles. The van der Waals surface area contributed by atoms with Gasteiger partial charge in [0.05, 0.1) is 6.54 Å². The van der Waals surface area contributed by atoms with Crippen LogP contribution in [0.3, 0.4) is 0 Å². The number of hydrogen-bond acceptors (Lipinski definition) is 2. The molecule has 0 spiro atoms. The van der Waals surface area contributed by atoms with Gasteiger partial charge >= 0.3 is 0 Å². The standard InChI is InChI=1S/C17H23ClN2O2/c1-2-20(17(22)14-5-3-4-6-14)12-16(21)19-11-13-7-9-15(18)10-8-13/h7-10,14H,2-6,11-12H2,1H3,(H,19,21). The molecular formula is C17H23ClN2O2. The molecule has 0 saturated heterocycles. The van der Waals surface area contributed by atoms with Gasteiger partial charge in [-0.15, -0.1) is 0 Å². The summed E-state index contributed by atoms with van der Waals surface area (Å²) in [6.45, 7) is 3.08. The molecule has 1 saturated carbocycles. The summed E-state index contributed by atoms with van der Waals surface area (Å²) in [6.07, 6.45) is 4.16. The third-order valence-corrected chi connectivity index (χ3v) is 4.39. The molecule has 0 atom stereocenters. The number of carbonyl (C=O) groups excluding carboxylic acids is 2. The molecule has 0 bridgehead atoms. The molecule has 2 amide bonds. The Labute approximate surface area is 136 Å². The van der Waals surface area contributed by atoms with Crippen molar-refractivity contribution >= 4 is 23.4 Å². The average molecular weight is 323 g/mol. The lowest BCUT2D eigenvalue weighted by Gasteiger charge is -2.23. The number of likely N-dealkylation sites (N-methyl/N-ethyl adjacent to an activating group) is 1. The summed E-state index contributed by atoms with van der Waals surface area (Å²) < 4.78 is 0. The zero-order valence-corrected chi connectivity index (χ0v) is 13.7. The second kappa shape index (κ2) is 8.18. The van der Waals surface area contributed by atoms with E-state index in [0.717, 1.165) is 31.2 Å². The maximum atomic E-state index is 12.4. The number of halogens is 1. The highest BCUT2D eigenvalue weighted by Gasteiger charge is 2.27. The molecule has 5 heteroatoms. The zero-order chi connectivity index (χ0) is 15.9. The molecule has 1 aromatic rings. The van der Waals surface area contributed by atoms with E-state index < -0.39 is 0 Å². The Morgan fingerprint density at radius 2 is 1.86 bits per heavy atom. The Balaban J connectivity index is 1.81. The van der Waals surface area contributed by atoms with E-state index >= 15 is 0 Å². The molecule has 1 aliphatic rings. The van der Waals surface area contributed by atoms with Gasteiger partial charge in [0.15, 0.2) is 0 Å². The van der Waals surface area contributed by atoms with E-state index in [1.54, 1.807) is 17.0 Å². The number of nitrogens with zero attached hydrogens (tertiary/aromatic N) is 1. The first-order valence-electron chi connectivity index (χ1n) is 7.90. The van der Waals surface area contributed by atoms with Gasteiger partial charge in [-0.3, -0.25) is 9.59 Å². The predicted molar refractivity (Wildman–Crippen MR) is 87.5 cm³/mol.